The van der Waals surface area contributed by atoms with E-state index in [1.54, 1.807) is 29.8 Å². The zero-order valence-electron chi connectivity index (χ0n) is 15.3. The molecule has 7 heteroatoms. The van der Waals surface area contributed by atoms with Gasteiger partial charge in [-0.25, -0.2) is 9.97 Å². The van der Waals surface area contributed by atoms with E-state index in [9.17, 15) is 0 Å². The highest BCUT2D eigenvalue weighted by Gasteiger charge is 2.23. The number of hydrogen-bond donors (Lipinski definition) is 0. The van der Waals surface area contributed by atoms with Gasteiger partial charge in [-0.3, -0.25) is 0 Å². The molecule has 3 heterocycles. The SMILES string of the molecule is COc1cccc2sc(N3CCN(c4nc5c(C)cccc5s4)CC3)nc12. The first-order valence-corrected chi connectivity index (χ1v) is 10.7. The molecule has 5 nitrogen and oxygen atoms in total. The van der Waals surface area contributed by atoms with E-state index in [2.05, 4.69) is 41.0 Å². The third kappa shape index (κ3) is 2.91. The summed E-state index contributed by atoms with van der Waals surface area (Å²) in [5.74, 6) is 0.846. The van der Waals surface area contributed by atoms with Crippen LogP contribution >= 0.6 is 22.7 Å². The van der Waals surface area contributed by atoms with Crippen molar-refractivity contribution in [1.82, 2.24) is 9.97 Å². The monoisotopic (exact) mass is 396 g/mol. The van der Waals surface area contributed by atoms with Crippen molar-refractivity contribution in [3.63, 3.8) is 0 Å². The van der Waals surface area contributed by atoms with E-state index in [1.165, 1.54) is 15.0 Å². The van der Waals surface area contributed by atoms with Crippen molar-refractivity contribution in [2.75, 3.05) is 43.1 Å². The van der Waals surface area contributed by atoms with Crippen molar-refractivity contribution in [3.8, 4) is 5.75 Å². The molecular weight excluding hydrogens is 376 g/mol. The summed E-state index contributed by atoms with van der Waals surface area (Å²) in [6, 6.07) is 12.5. The highest BCUT2D eigenvalue weighted by Crippen LogP contribution is 2.35. The predicted octanol–water partition coefficient (Wildman–Crippen LogP) is 4.55. The first-order valence-electron chi connectivity index (χ1n) is 9.02. The molecular formula is C20H20N4OS2. The number of anilines is 2. The third-order valence-electron chi connectivity index (χ3n) is 5.02. The van der Waals surface area contributed by atoms with Gasteiger partial charge in [-0.2, -0.15) is 0 Å². The maximum Gasteiger partial charge on any atom is 0.186 e. The molecule has 27 heavy (non-hydrogen) atoms. The summed E-state index contributed by atoms with van der Waals surface area (Å²) in [6.07, 6.45) is 0. The number of aromatic nitrogens is 2. The van der Waals surface area contributed by atoms with Crippen molar-refractivity contribution in [1.29, 1.82) is 0 Å². The van der Waals surface area contributed by atoms with Crippen LogP contribution in [0.4, 0.5) is 10.3 Å². The van der Waals surface area contributed by atoms with Crippen molar-refractivity contribution < 1.29 is 4.74 Å². The molecule has 0 N–H and O–H groups in total. The molecule has 1 aliphatic rings. The number of piperazine rings is 1. The number of nitrogens with zero attached hydrogens (tertiary/aromatic N) is 4. The minimum Gasteiger partial charge on any atom is -0.494 e. The minimum atomic E-state index is 0.846. The summed E-state index contributed by atoms with van der Waals surface area (Å²) in [5, 5.41) is 2.21. The number of benzene rings is 2. The van der Waals surface area contributed by atoms with Gasteiger partial charge in [0, 0.05) is 26.2 Å². The molecule has 1 fully saturated rings. The highest BCUT2D eigenvalue weighted by atomic mass is 32.1. The Labute approximate surface area is 165 Å². The second-order valence-electron chi connectivity index (χ2n) is 6.70. The number of fused-ring (bicyclic) bond motifs is 2. The van der Waals surface area contributed by atoms with Gasteiger partial charge in [0.05, 0.1) is 22.0 Å². The summed E-state index contributed by atoms with van der Waals surface area (Å²) < 4.78 is 7.90. The maximum absolute atomic E-state index is 5.45. The summed E-state index contributed by atoms with van der Waals surface area (Å²) in [6.45, 7) is 5.97. The Morgan fingerprint density at radius 3 is 1.96 bits per heavy atom. The van der Waals surface area contributed by atoms with E-state index in [0.29, 0.717) is 0 Å². The molecule has 1 saturated heterocycles. The summed E-state index contributed by atoms with van der Waals surface area (Å²) in [4.78, 5) is 14.5. The van der Waals surface area contributed by atoms with Crippen LogP contribution < -0.4 is 14.5 Å². The molecule has 1 aliphatic heterocycles. The number of rotatable bonds is 3. The van der Waals surface area contributed by atoms with Crippen LogP contribution in [0.2, 0.25) is 0 Å². The number of para-hydroxylation sites is 2. The lowest BCUT2D eigenvalue weighted by Gasteiger charge is -2.34. The average molecular weight is 397 g/mol. The Balaban J connectivity index is 1.36. The zero-order valence-corrected chi connectivity index (χ0v) is 16.9. The van der Waals surface area contributed by atoms with Gasteiger partial charge < -0.3 is 14.5 Å². The highest BCUT2D eigenvalue weighted by molar-refractivity contribution is 7.22. The fourth-order valence-corrected chi connectivity index (χ4v) is 5.64. The van der Waals surface area contributed by atoms with Gasteiger partial charge in [0.15, 0.2) is 10.3 Å². The Morgan fingerprint density at radius 1 is 0.815 bits per heavy atom. The molecule has 4 aromatic rings. The normalized spacial score (nSPS) is 15.0. The first-order chi connectivity index (χ1) is 13.2. The Hall–Kier alpha value is -2.38. The standard InChI is InChI=1S/C20H20N4OS2/c1-13-5-3-7-15-17(13)21-19(26-15)23-9-11-24(12-10-23)20-22-18-14(25-2)6-4-8-16(18)27-20/h3-8H,9-12H2,1-2H3. The van der Waals surface area contributed by atoms with Gasteiger partial charge in [-0.1, -0.05) is 40.9 Å². The van der Waals surface area contributed by atoms with E-state index >= 15 is 0 Å². The Morgan fingerprint density at radius 2 is 1.37 bits per heavy atom. The second kappa shape index (κ2) is 6.65. The number of thiazole rings is 2. The van der Waals surface area contributed by atoms with Crippen molar-refractivity contribution in [3.05, 3.63) is 42.0 Å². The smallest absolute Gasteiger partial charge is 0.186 e. The van der Waals surface area contributed by atoms with Crippen molar-refractivity contribution in [2.24, 2.45) is 0 Å². The van der Waals surface area contributed by atoms with Crippen LogP contribution in [-0.4, -0.2) is 43.3 Å². The van der Waals surface area contributed by atoms with Crippen LogP contribution in [0.15, 0.2) is 36.4 Å². The molecule has 5 rings (SSSR count). The average Bonchev–Trinajstić information content (AvgIpc) is 3.33. The molecule has 0 spiro atoms. The minimum absolute atomic E-state index is 0.846. The van der Waals surface area contributed by atoms with Gasteiger partial charge in [-0.05, 0) is 30.7 Å². The van der Waals surface area contributed by atoms with Crippen LogP contribution in [0, 0.1) is 6.92 Å². The van der Waals surface area contributed by atoms with Gasteiger partial charge in [0.1, 0.15) is 11.3 Å². The van der Waals surface area contributed by atoms with E-state index < -0.39 is 0 Å². The first kappa shape index (κ1) is 16.8. The largest absolute Gasteiger partial charge is 0.494 e. The lowest BCUT2D eigenvalue weighted by atomic mass is 10.2. The third-order valence-corrected chi connectivity index (χ3v) is 7.18. The fraction of sp³-hybridized carbons (Fsp3) is 0.300. The van der Waals surface area contributed by atoms with Gasteiger partial charge in [-0.15, -0.1) is 0 Å². The zero-order chi connectivity index (χ0) is 18.4. The van der Waals surface area contributed by atoms with Crippen molar-refractivity contribution >= 4 is 53.4 Å². The van der Waals surface area contributed by atoms with Gasteiger partial charge in [0.25, 0.3) is 0 Å². The van der Waals surface area contributed by atoms with Crippen molar-refractivity contribution in [2.45, 2.75) is 6.92 Å². The molecule has 2 aromatic heterocycles. The topological polar surface area (TPSA) is 41.5 Å². The molecule has 0 aliphatic carbocycles. The van der Waals surface area contributed by atoms with E-state index in [0.717, 1.165) is 53.2 Å². The second-order valence-corrected chi connectivity index (χ2v) is 8.71. The maximum atomic E-state index is 5.45. The predicted molar refractivity (Wildman–Crippen MR) is 115 cm³/mol. The lowest BCUT2D eigenvalue weighted by Crippen LogP contribution is -2.46. The molecule has 0 atom stereocenters. The summed E-state index contributed by atoms with van der Waals surface area (Å²) in [7, 11) is 1.70. The number of aryl methyl sites for hydroxylation is 1. The number of methoxy groups -OCH3 is 1. The number of ether oxygens (including phenoxy) is 1. The van der Waals surface area contributed by atoms with Crippen LogP contribution in [0.5, 0.6) is 5.75 Å². The quantitative estimate of drug-likeness (QED) is 0.508. The van der Waals surface area contributed by atoms with Crippen LogP contribution in [0.1, 0.15) is 5.56 Å². The van der Waals surface area contributed by atoms with Gasteiger partial charge in [0.2, 0.25) is 0 Å². The molecule has 0 radical (unpaired) electrons. The van der Waals surface area contributed by atoms with E-state index in [-0.39, 0.29) is 0 Å². The molecule has 0 unspecified atom stereocenters. The van der Waals surface area contributed by atoms with Crippen LogP contribution in [-0.2, 0) is 0 Å². The molecule has 0 amide bonds. The lowest BCUT2D eigenvalue weighted by molar-refractivity contribution is 0.419. The van der Waals surface area contributed by atoms with Crippen LogP contribution in [0.3, 0.4) is 0 Å². The Bertz CT molecular complexity index is 1110. The Kier molecular flexibility index (Phi) is 4.13. The molecule has 0 saturated carbocycles. The summed E-state index contributed by atoms with van der Waals surface area (Å²) in [5.41, 5.74) is 3.35. The van der Waals surface area contributed by atoms with E-state index in [4.69, 9.17) is 14.7 Å². The fourth-order valence-electron chi connectivity index (χ4n) is 3.51. The van der Waals surface area contributed by atoms with Gasteiger partial charge >= 0.3 is 0 Å². The summed E-state index contributed by atoms with van der Waals surface area (Å²) >= 11 is 3.53. The number of hydrogen-bond acceptors (Lipinski definition) is 7. The molecule has 138 valence electrons. The molecule has 0 bridgehead atoms. The van der Waals surface area contributed by atoms with Crippen LogP contribution in [0.25, 0.3) is 20.4 Å². The molecule has 2 aromatic carbocycles. The van der Waals surface area contributed by atoms with E-state index in [1.807, 2.05) is 12.1 Å².